The molecule has 0 saturated heterocycles. The van der Waals surface area contributed by atoms with Crippen LogP contribution in [0.4, 0.5) is 10.5 Å². The number of nitrogens with two attached hydrogens (primary N) is 1. The van der Waals surface area contributed by atoms with Crippen LogP contribution in [0.25, 0.3) is 0 Å². The molecule has 2 aromatic rings. The standard InChI is InChI=1S/C27H35ClN6O5.HI/c1-27(2,3)39-24(18-35)32-26(36)38-20-33-15-12-22(13-16-33)34(25(30)31-19-29)14-6-4-5-7-17-37-23-10-8-21(28)9-11-23;/h8-13,15-16,18,24H,4-7,14,17,20H2,1-3H3,(H2-,30,31,32,36);1H. The summed E-state index contributed by atoms with van der Waals surface area (Å²) in [5.41, 5.74) is 6.16. The van der Waals surface area contributed by atoms with Crippen LogP contribution < -0.4 is 49.2 Å². The van der Waals surface area contributed by atoms with Crippen LogP contribution in [0.5, 0.6) is 5.75 Å². The molecule has 3 N–H and O–H groups in total. The second kappa shape index (κ2) is 18.2. The fraction of sp³-hybridized carbons (Fsp3) is 0.444. The monoisotopic (exact) mass is 686 g/mol. The van der Waals surface area contributed by atoms with Crippen molar-refractivity contribution in [2.75, 3.05) is 18.1 Å². The predicted molar refractivity (Wildman–Crippen MR) is 147 cm³/mol. The number of alkyl carbamates (subject to hydrolysis) is 1. The molecule has 0 fully saturated rings. The number of unbranched alkanes of at least 4 members (excludes halogenated alkanes) is 3. The zero-order valence-corrected chi connectivity index (χ0v) is 25.8. The Hall–Kier alpha value is -3.15. The highest BCUT2D eigenvalue weighted by molar-refractivity contribution is 6.30. The summed E-state index contributed by atoms with van der Waals surface area (Å²) in [5.74, 6) is 0.883. The van der Waals surface area contributed by atoms with Crippen molar-refractivity contribution in [2.24, 2.45) is 10.7 Å². The van der Waals surface area contributed by atoms with E-state index in [9.17, 15) is 9.59 Å². The van der Waals surface area contributed by atoms with Crippen molar-refractivity contribution in [3.63, 3.8) is 0 Å². The van der Waals surface area contributed by atoms with Crippen molar-refractivity contribution >= 4 is 35.6 Å². The SMILES string of the molecule is CC(C)(C)OC(C=O)NC(=O)OC[n+]1ccc(N(CCCCCCOc2ccc(Cl)cc2)C(N)=NC#N)cc1.[I-]. The van der Waals surface area contributed by atoms with Gasteiger partial charge < -0.3 is 48.8 Å². The summed E-state index contributed by atoms with van der Waals surface area (Å²) in [6, 6.07) is 10.8. The number of aromatic nitrogens is 1. The molecule has 0 saturated carbocycles. The third-order valence-electron chi connectivity index (χ3n) is 5.19. The number of carbonyl (C=O) groups is 2. The molecule has 1 aromatic heterocycles. The van der Waals surface area contributed by atoms with Crippen LogP contribution in [-0.4, -0.2) is 43.3 Å². The van der Waals surface area contributed by atoms with Crippen LogP contribution in [0.1, 0.15) is 46.5 Å². The number of amides is 1. The normalized spacial score (nSPS) is 11.9. The van der Waals surface area contributed by atoms with E-state index < -0.39 is 17.9 Å². The zero-order chi connectivity index (χ0) is 28.7. The summed E-state index contributed by atoms with van der Waals surface area (Å²) in [7, 11) is 0. The number of benzene rings is 1. The lowest BCUT2D eigenvalue weighted by Crippen LogP contribution is -3.00. The summed E-state index contributed by atoms with van der Waals surface area (Å²) in [6.07, 6.45) is 7.35. The second-order valence-corrected chi connectivity index (χ2v) is 9.94. The minimum Gasteiger partial charge on any atom is -1.00 e. The van der Waals surface area contributed by atoms with Crippen LogP contribution in [0, 0.1) is 11.5 Å². The lowest BCUT2D eigenvalue weighted by molar-refractivity contribution is -0.727. The van der Waals surface area contributed by atoms with Crippen LogP contribution in [0.2, 0.25) is 5.02 Å². The molecule has 1 aromatic carbocycles. The van der Waals surface area contributed by atoms with E-state index in [-0.39, 0.29) is 36.7 Å². The summed E-state index contributed by atoms with van der Waals surface area (Å²) in [4.78, 5) is 28.6. The van der Waals surface area contributed by atoms with Crippen molar-refractivity contribution < 1.29 is 52.3 Å². The van der Waals surface area contributed by atoms with Gasteiger partial charge in [0.2, 0.25) is 12.2 Å². The fourth-order valence-corrected chi connectivity index (χ4v) is 3.54. The third-order valence-corrected chi connectivity index (χ3v) is 5.45. The molecule has 218 valence electrons. The Balaban J connectivity index is 0.00000800. The van der Waals surface area contributed by atoms with Gasteiger partial charge in [-0.1, -0.05) is 24.4 Å². The number of halogens is 2. The topological polar surface area (TPSA) is 143 Å². The van der Waals surface area contributed by atoms with E-state index in [2.05, 4.69) is 10.3 Å². The molecule has 1 atom stereocenters. The lowest BCUT2D eigenvalue weighted by atomic mass is 10.2. The third kappa shape index (κ3) is 13.8. The van der Waals surface area contributed by atoms with E-state index in [1.54, 1.807) is 73.1 Å². The second-order valence-electron chi connectivity index (χ2n) is 9.50. The van der Waals surface area contributed by atoms with Crippen molar-refractivity contribution in [3.8, 4) is 11.9 Å². The van der Waals surface area contributed by atoms with Crippen molar-refractivity contribution in [3.05, 3.63) is 53.8 Å². The number of guanidine groups is 1. The molecule has 1 unspecified atom stereocenters. The van der Waals surface area contributed by atoms with Crippen LogP contribution in [0.3, 0.4) is 0 Å². The largest absolute Gasteiger partial charge is 1.00 e. The zero-order valence-electron chi connectivity index (χ0n) is 22.9. The molecular formula is C27H36ClIN6O5. The van der Waals surface area contributed by atoms with Gasteiger partial charge in [-0.2, -0.15) is 9.83 Å². The van der Waals surface area contributed by atoms with Gasteiger partial charge in [0.1, 0.15) is 5.75 Å². The van der Waals surface area contributed by atoms with E-state index in [4.69, 9.17) is 36.8 Å². The average molecular weight is 687 g/mol. The van der Waals surface area contributed by atoms with Gasteiger partial charge in [-0.3, -0.25) is 10.1 Å². The maximum absolute atomic E-state index is 12.0. The first-order chi connectivity index (χ1) is 18.6. The first-order valence-electron chi connectivity index (χ1n) is 12.5. The number of anilines is 1. The number of nitrogens with one attached hydrogen (secondary N) is 1. The minimum atomic E-state index is -1.11. The summed E-state index contributed by atoms with van der Waals surface area (Å²) in [6.45, 7) is 6.40. The van der Waals surface area contributed by atoms with Gasteiger partial charge >= 0.3 is 6.09 Å². The number of nitrogens with zero attached hydrogens (tertiary/aromatic N) is 4. The van der Waals surface area contributed by atoms with Crippen LogP contribution >= 0.6 is 11.6 Å². The Morgan fingerprint density at radius 2 is 1.82 bits per heavy atom. The number of nitriles is 1. The molecule has 0 bridgehead atoms. The molecular weight excluding hydrogens is 651 g/mol. The Bertz CT molecular complexity index is 1120. The van der Waals surface area contributed by atoms with E-state index in [0.717, 1.165) is 37.1 Å². The molecule has 2 rings (SSSR count). The van der Waals surface area contributed by atoms with Crippen molar-refractivity contribution in [2.45, 2.75) is 65.0 Å². The first-order valence-corrected chi connectivity index (χ1v) is 12.9. The van der Waals surface area contributed by atoms with Gasteiger partial charge in [-0.05, 0) is 57.9 Å². The summed E-state index contributed by atoms with van der Waals surface area (Å²) in [5, 5.41) is 12.0. The number of hydrogen-bond donors (Lipinski definition) is 2. The van der Waals surface area contributed by atoms with Gasteiger partial charge in [0.25, 0.3) is 6.73 Å². The molecule has 0 aliphatic rings. The smallest absolute Gasteiger partial charge is 0.414 e. The van der Waals surface area contributed by atoms with Gasteiger partial charge in [0, 0.05) is 23.7 Å². The molecule has 1 heterocycles. The Morgan fingerprint density at radius 3 is 2.42 bits per heavy atom. The molecule has 0 aliphatic heterocycles. The minimum absolute atomic E-state index is 0. The molecule has 1 amide bonds. The van der Waals surface area contributed by atoms with Crippen molar-refractivity contribution in [1.29, 1.82) is 5.26 Å². The molecule has 0 aliphatic carbocycles. The average Bonchev–Trinajstić information content (AvgIpc) is 2.89. The van der Waals surface area contributed by atoms with Crippen LogP contribution in [0.15, 0.2) is 53.8 Å². The molecule has 40 heavy (non-hydrogen) atoms. The van der Waals surface area contributed by atoms with Crippen molar-refractivity contribution in [1.82, 2.24) is 5.32 Å². The van der Waals surface area contributed by atoms with Gasteiger partial charge in [-0.15, -0.1) is 4.99 Å². The predicted octanol–water partition coefficient (Wildman–Crippen LogP) is 0.897. The number of hydrogen-bond acceptors (Lipinski definition) is 7. The highest BCUT2D eigenvalue weighted by Gasteiger charge is 2.21. The van der Waals surface area contributed by atoms with E-state index in [0.29, 0.717) is 24.5 Å². The summed E-state index contributed by atoms with van der Waals surface area (Å²) >= 11 is 5.88. The Kier molecular flexibility index (Phi) is 15.9. The maximum atomic E-state index is 12.0. The highest BCUT2D eigenvalue weighted by atomic mass is 127. The van der Waals surface area contributed by atoms with E-state index in [1.165, 1.54) is 0 Å². The Labute approximate surface area is 257 Å². The quantitative estimate of drug-likeness (QED) is 0.0437. The van der Waals surface area contributed by atoms with Gasteiger partial charge in [-0.25, -0.2) is 4.79 Å². The number of aldehydes is 1. The van der Waals surface area contributed by atoms with Gasteiger partial charge in [0.15, 0.2) is 24.9 Å². The number of ether oxygens (including phenoxy) is 3. The Morgan fingerprint density at radius 1 is 1.18 bits per heavy atom. The number of pyridine rings is 1. The van der Waals surface area contributed by atoms with E-state index >= 15 is 0 Å². The molecule has 11 nitrogen and oxygen atoms in total. The van der Waals surface area contributed by atoms with E-state index in [1.807, 2.05) is 12.1 Å². The first kappa shape index (κ1) is 34.9. The number of carbonyl (C=O) groups excluding carboxylic acids is 2. The molecule has 13 heteroatoms. The molecule has 0 radical (unpaired) electrons. The number of rotatable bonds is 14. The highest BCUT2D eigenvalue weighted by Crippen LogP contribution is 2.17. The molecule has 0 spiro atoms. The van der Waals surface area contributed by atoms with Gasteiger partial charge in [0.05, 0.1) is 17.9 Å². The summed E-state index contributed by atoms with van der Waals surface area (Å²) < 4.78 is 17.9. The lowest BCUT2D eigenvalue weighted by Gasteiger charge is -2.24. The number of aliphatic imine (C=N–C) groups is 1. The maximum Gasteiger partial charge on any atom is 0.414 e. The fourth-order valence-electron chi connectivity index (χ4n) is 3.41. The van der Waals surface area contributed by atoms with Crippen LogP contribution in [-0.2, 0) is 21.0 Å².